The zero-order valence-electron chi connectivity index (χ0n) is 14.9. The molecule has 0 unspecified atom stereocenters. The van der Waals surface area contributed by atoms with Crippen LogP contribution in [0.25, 0.3) is 6.08 Å². The van der Waals surface area contributed by atoms with Crippen LogP contribution in [0.1, 0.15) is 18.4 Å². The van der Waals surface area contributed by atoms with Gasteiger partial charge in [0, 0.05) is 12.1 Å². The van der Waals surface area contributed by atoms with Crippen LogP contribution < -0.4 is 10.6 Å². The SMILES string of the molecule is CN1CCC(Nc2ccccc2NC(=O)C=Cc2cccc(F)c2)CC1. The fraction of sp³-hybridized carbons (Fsp3) is 0.286. The molecule has 1 amide bonds. The van der Waals surface area contributed by atoms with E-state index in [4.69, 9.17) is 0 Å². The number of nitrogens with zero attached hydrogens (tertiary/aromatic N) is 1. The van der Waals surface area contributed by atoms with E-state index in [0.29, 0.717) is 11.6 Å². The highest BCUT2D eigenvalue weighted by molar-refractivity contribution is 6.03. The average Bonchev–Trinajstić information content (AvgIpc) is 2.64. The van der Waals surface area contributed by atoms with E-state index in [1.54, 1.807) is 18.2 Å². The highest BCUT2D eigenvalue weighted by Crippen LogP contribution is 2.24. The number of benzene rings is 2. The summed E-state index contributed by atoms with van der Waals surface area (Å²) in [7, 11) is 2.13. The maximum atomic E-state index is 13.2. The average molecular weight is 353 g/mol. The molecule has 2 N–H and O–H groups in total. The van der Waals surface area contributed by atoms with Gasteiger partial charge in [-0.15, -0.1) is 0 Å². The van der Waals surface area contributed by atoms with Crippen molar-refractivity contribution in [1.29, 1.82) is 0 Å². The molecular formula is C21H24FN3O. The number of halogens is 1. The summed E-state index contributed by atoms with van der Waals surface area (Å²) in [5.41, 5.74) is 2.33. The molecule has 1 aliphatic rings. The van der Waals surface area contributed by atoms with Gasteiger partial charge in [0.2, 0.25) is 5.91 Å². The number of amides is 1. The molecule has 26 heavy (non-hydrogen) atoms. The first-order chi connectivity index (χ1) is 12.6. The van der Waals surface area contributed by atoms with E-state index < -0.39 is 0 Å². The Morgan fingerprint density at radius 3 is 2.58 bits per heavy atom. The second-order valence-corrected chi connectivity index (χ2v) is 6.65. The third kappa shape index (κ3) is 5.17. The van der Waals surface area contributed by atoms with Crippen molar-refractivity contribution >= 4 is 23.4 Å². The standard InChI is InChI=1S/C21H24FN3O/c1-25-13-11-18(12-14-25)23-19-7-2-3-8-20(19)24-21(26)10-9-16-5-4-6-17(22)15-16/h2-10,15,18,23H,11-14H2,1H3,(H,24,26). The lowest BCUT2D eigenvalue weighted by molar-refractivity contribution is -0.111. The van der Waals surface area contributed by atoms with Crippen LogP contribution in [-0.2, 0) is 4.79 Å². The van der Waals surface area contributed by atoms with Crippen molar-refractivity contribution in [1.82, 2.24) is 4.90 Å². The number of nitrogens with one attached hydrogen (secondary N) is 2. The topological polar surface area (TPSA) is 44.4 Å². The number of carbonyl (C=O) groups is 1. The van der Waals surface area contributed by atoms with E-state index in [0.717, 1.165) is 37.3 Å². The lowest BCUT2D eigenvalue weighted by Gasteiger charge is -2.30. The second-order valence-electron chi connectivity index (χ2n) is 6.65. The summed E-state index contributed by atoms with van der Waals surface area (Å²) in [5.74, 6) is -0.563. The van der Waals surface area contributed by atoms with Gasteiger partial charge in [-0.25, -0.2) is 4.39 Å². The monoisotopic (exact) mass is 353 g/mol. The fourth-order valence-corrected chi connectivity index (χ4v) is 3.05. The molecule has 0 saturated carbocycles. The van der Waals surface area contributed by atoms with E-state index in [2.05, 4.69) is 22.6 Å². The van der Waals surface area contributed by atoms with Gasteiger partial charge in [-0.1, -0.05) is 24.3 Å². The summed E-state index contributed by atoms with van der Waals surface area (Å²) < 4.78 is 13.2. The van der Waals surface area contributed by atoms with Gasteiger partial charge in [-0.3, -0.25) is 4.79 Å². The quantitative estimate of drug-likeness (QED) is 0.799. The first kappa shape index (κ1) is 18.1. The van der Waals surface area contributed by atoms with E-state index in [-0.39, 0.29) is 11.7 Å². The zero-order valence-corrected chi connectivity index (χ0v) is 14.9. The number of carbonyl (C=O) groups excluding carboxylic acids is 1. The molecule has 0 aromatic heterocycles. The molecule has 0 radical (unpaired) electrons. The van der Waals surface area contributed by atoms with Crippen molar-refractivity contribution in [3.05, 3.63) is 66.0 Å². The highest BCUT2D eigenvalue weighted by Gasteiger charge is 2.17. The maximum absolute atomic E-state index is 13.2. The van der Waals surface area contributed by atoms with Gasteiger partial charge in [-0.05, 0) is 68.9 Å². The van der Waals surface area contributed by atoms with Gasteiger partial charge in [0.1, 0.15) is 5.82 Å². The number of rotatable bonds is 5. The Morgan fingerprint density at radius 1 is 1.12 bits per heavy atom. The first-order valence-corrected chi connectivity index (χ1v) is 8.89. The van der Waals surface area contributed by atoms with Gasteiger partial charge in [0.15, 0.2) is 0 Å². The van der Waals surface area contributed by atoms with Crippen molar-refractivity contribution in [2.75, 3.05) is 30.8 Å². The van der Waals surface area contributed by atoms with Gasteiger partial charge < -0.3 is 15.5 Å². The maximum Gasteiger partial charge on any atom is 0.248 e. The largest absolute Gasteiger partial charge is 0.381 e. The van der Waals surface area contributed by atoms with Gasteiger partial charge in [-0.2, -0.15) is 0 Å². The van der Waals surface area contributed by atoms with Crippen LogP contribution in [0.3, 0.4) is 0 Å². The smallest absolute Gasteiger partial charge is 0.248 e. The second kappa shape index (κ2) is 8.63. The highest BCUT2D eigenvalue weighted by atomic mass is 19.1. The third-order valence-corrected chi connectivity index (χ3v) is 4.54. The Morgan fingerprint density at radius 2 is 1.85 bits per heavy atom. The summed E-state index contributed by atoms with van der Waals surface area (Å²) in [4.78, 5) is 14.6. The molecular weight excluding hydrogens is 329 g/mol. The lowest BCUT2D eigenvalue weighted by atomic mass is 10.0. The van der Waals surface area contributed by atoms with Gasteiger partial charge in [0.25, 0.3) is 0 Å². The number of likely N-dealkylation sites (tertiary alicyclic amines) is 1. The number of piperidine rings is 1. The Balaban J connectivity index is 1.63. The summed E-state index contributed by atoms with van der Waals surface area (Å²) in [6, 6.07) is 14.3. The molecule has 2 aromatic rings. The summed E-state index contributed by atoms with van der Waals surface area (Å²) in [6.45, 7) is 2.14. The minimum absolute atomic E-state index is 0.244. The van der Waals surface area contributed by atoms with Crippen molar-refractivity contribution in [2.24, 2.45) is 0 Å². The van der Waals surface area contributed by atoms with Crippen LogP contribution in [0.4, 0.5) is 15.8 Å². The van der Waals surface area contributed by atoms with Crippen LogP contribution in [0, 0.1) is 5.82 Å². The molecule has 3 rings (SSSR count). The van der Waals surface area contributed by atoms with Crippen molar-refractivity contribution < 1.29 is 9.18 Å². The van der Waals surface area contributed by atoms with Gasteiger partial charge >= 0.3 is 0 Å². The molecule has 1 saturated heterocycles. The van der Waals surface area contributed by atoms with Crippen LogP contribution in [0.15, 0.2) is 54.6 Å². The van der Waals surface area contributed by atoms with Crippen LogP contribution in [-0.4, -0.2) is 37.0 Å². The lowest BCUT2D eigenvalue weighted by Crippen LogP contribution is -2.36. The normalized spacial score (nSPS) is 15.9. The Hall–Kier alpha value is -2.66. The van der Waals surface area contributed by atoms with Crippen LogP contribution in [0.5, 0.6) is 0 Å². The molecule has 136 valence electrons. The number of anilines is 2. The third-order valence-electron chi connectivity index (χ3n) is 4.54. The van der Waals surface area contributed by atoms with Crippen LogP contribution in [0.2, 0.25) is 0 Å². The molecule has 0 spiro atoms. The number of para-hydroxylation sites is 2. The van der Waals surface area contributed by atoms with Crippen molar-refractivity contribution in [2.45, 2.75) is 18.9 Å². The molecule has 5 heteroatoms. The Bertz CT molecular complexity index is 782. The molecule has 4 nitrogen and oxygen atoms in total. The fourth-order valence-electron chi connectivity index (χ4n) is 3.05. The molecule has 2 aromatic carbocycles. The predicted octanol–water partition coefficient (Wildman–Crippen LogP) is 3.98. The minimum atomic E-state index is -0.319. The van der Waals surface area contributed by atoms with E-state index in [1.165, 1.54) is 18.2 Å². The van der Waals surface area contributed by atoms with E-state index in [9.17, 15) is 9.18 Å². The molecule has 1 heterocycles. The molecule has 1 fully saturated rings. The van der Waals surface area contributed by atoms with Gasteiger partial charge in [0.05, 0.1) is 11.4 Å². The molecule has 0 atom stereocenters. The van der Waals surface area contributed by atoms with E-state index >= 15 is 0 Å². The van der Waals surface area contributed by atoms with Crippen molar-refractivity contribution in [3.63, 3.8) is 0 Å². The Labute approximate surface area is 153 Å². The minimum Gasteiger partial charge on any atom is -0.381 e. The number of hydrogen-bond acceptors (Lipinski definition) is 3. The number of hydrogen-bond donors (Lipinski definition) is 2. The summed E-state index contributed by atoms with van der Waals surface area (Å²) in [6.07, 6.45) is 5.18. The summed E-state index contributed by atoms with van der Waals surface area (Å²) >= 11 is 0. The van der Waals surface area contributed by atoms with E-state index in [1.807, 2.05) is 24.3 Å². The molecule has 0 aliphatic carbocycles. The summed E-state index contributed by atoms with van der Waals surface area (Å²) in [5, 5.41) is 6.44. The predicted molar refractivity (Wildman–Crippen MR) is 105 cm³/mol. The van der Waals surface area contributed by atoms with Crippen molar-refractivity contribution in [3.8, 4) is 0 Å². The molecule has 1 aliphatic heterocycles. The van der Waals surface area contributed by atoms with Crippen LogP contribution >= 0.6 is 0 Å². The first-order valence-electron chi connectivity index (χ1n) is 8.89. The Kier molecular flexibility index (Phi) is 6.02. The molecule has 0 bridgehead atoms. The zero-order chi connectivity index (χ0) is 18.4.